The number of nitrogens with zero attached hydrogens (tertiary/aromatic N) is 5. The van der Waals surface area contributed by atoms with Crippen molar-refractivity contribution in [3.8, 4) is 0 Å². The fourth-order valence-corrected chi connectivity index (χ4v) is 5.72. The van der Waals surface area contributed by atoms with Crippen molar-refractivity contribution in [2.75, 3.05) is 23.3 Å². The van der Waals surface area contributed by atoms with Crippen LogP contribution in [0.15, 0.2) is 42.7 Å². The van der Waals surface area contributed by atoms with Crippen molar-refractivity contribution in [2.45, 2.75) is 45.1 Å². The lowest BCUT2D eigenvalue weighted by Gasteiger charge is -2.34. The first-order chi connectivity index (χ1) is 19.8. The zero-order valence-electron chi connectivity index (χ0n) is 22.4. The van der Waals surface area contributed by atoms with Crippen LogP contribution in [-0.4, -0.2) is 62.6 Å². The molecule has 4 amide bonds. The fourth-order valence-electron chi connectivity index (χ4n) is 5.72. The first-order valence-electron chi connectivity index (χ1n) is 13.6. The molecule has 3 aromatic rings. The highest BCUT2D eigenvalue weighted by Crippen LogP contribution is 2.34. The van der Waals surface area contributed by atoms with Crippen LogP contribution in [0.3, 0.4) is 0 Å². The van der Waals surface area contributed by atoms with Crippen LogP contribution in [0.25, 0.3) is 0 Å². The summed E-state index contributed by atoms with van der Waals surface area (Å²) in [5.41, 5.74) is 2.06. The van der Waals surface area contributed by atoms with E-state index in [2.05, 4.69) is 25.6 Å². The van der Waals surface area contributed by atoms with Crippen LogP contribution in [0.1, 0.15) is 57.8 Å². The van der Waals surface area contributed by atoms with Crippen molar-refractivity contribution in [1.82, 2.24) is 25.2 Å². The predicted octanol–water partition coefficient (Wildman–Crippen LogP) is 2.92. The molecule has 0 radical (unpaired) electrons. The monoisotopic (exact) mass is 557 g/mol. The average Bonchev–Trinajstić information content (AvgIpc) is 3.17. The Labute approximate surface area is 235 Å². The van der Waals surface area contributed by atoms with E-state index >= 15 is 4.39 Å². The first-order valence-corrected chi connectivity index (χ1v) is 13.6. The van der Waals surface area contributed by atoms with Crippen molar-refractivity contribution in [3.05, 3.63) is 71.1 Å². The third-order valence-corrected chi connectivity index (χ3v) is 7.83. The maximum atomic E-state index is 15.2. The number of hydrogen-bond donors (Lipinski definition) is 2. The number of carbonyl (C=O) groups is 4. The van der Waals surface area contributed by atoms with Gasteiger partial charge in [-0.25, -0.2) is 19.3 Å². The number of amides is 4. The van der Waals surface area contributed by atoms with Gasteiger partial charge < -0.3 is 10.2 Å². The molecular formula is C29H28FN7O4. The summed E-state index contributed by atoms with van der Waals surface area (Å²) < 4.78 is 15.2. The van der Waals surface area contributed by atoms with Crippen LogP contribution < -0.4 is 15.5 Å². The molecule has 0 bridgehead atoms. The Bertz CT molecular complexity index is 1570. The van der Waals surface area contributed by atoms with Gasteiger partial charge in [-0.2, -0.15) is 0 Å². The van der Waals surface area contributed by atoms with Crippen LogP contribution in [0.4, 0.5) is 21.7 Å². The smallest absolute Gasteiger partial charge is 0.262 e. The van der Waals surface area contributed by atoms with Gasteiger partial charge in [0.15, 0.2) is 0 Å². The third kappa shape index (κ3) is 5.24. The van der Waals surface area contributed by atoms with E-state index in [1.54, 1.807) is 0 Å². The number of piperidine rings is 2. The van der Waals surface area contributed by atoms with Gasteiger partial charge >= 0.3 is 0 Å². The van der Waals surface area contributed by atoms with Crippen LogP contribution >= 0.6 is 0 Å². The normalized spacial score (nSPS) is 19.4. The molecule has 1 atom stereocenters. The van der Waals surface area contributed by atoms with Gasteiger partial charge in [-0.15, -0.1) is 0 Å². The number of aromatic nitrogens is 3. The number of benzene rings is 1. The lowest BCUT2D eigenvalue weighted by atomic mass is 9.91. The highest BCUT2D eigenvalue weighted by atomic mass is 19.1. The van der Waals surface area contributed by atoms with Gasteiger partial charge in [-0.05, 0) is 62.8 Å². The number of aryl methyl sites for hydroxylation is 1. The third-order valence-electron chi connectivity index (χ3n) is 7.83. The fraction of sp³-hybridized carbons (Fsp3) is 0.345. The van der Waals surface area contributed by atoms with E-state index in [-0.39, 0.29) is 29.7 Å². The molecule has 3 aliphatic rings. The summed E-state index contributed by atoms with van der Waals surface area (Å²) in [6.45, 7) is 3.07. The summed E-state index contributed by atoms with van der Waals surface area (Å²) in [7, 11) is 0. The molecule has 1 aromatic carbocycles. The Morgan fingerprint density at radius 1 is 0.976 bits per heavy atom. The van der Waals surface area contributed by atoms with Crippen LogP contribution in [-0.2, 0) is 16.0 Å². The SMILES string of the molecule is Cc1cccc(Nc2cc(CC3CCN(c4cc5c(cc4F)C(=O)N(C4CCC(=O)NC4=O)C5=O)CC3)ncn2)n1. The summed E-state index contributed by atoms with van der Waals surface area (Å²) in [6.07, 6.45) is 3.92. The summed E-state index contributed by atoms with van der Waals surface area (Å²) in [5, 5.41) is 5.37. The van der Waals surface area contributed by atoms with E-state index in [0.717, 1.165) is 41.6 Å². The number of halogens is 1. The number of anilines is 3. The van der Waals surface area contributed by atoms with Crippen LogP contribution in [0.5, 0.6) is 0 Å². The minimum Gasteiger partial charge on any atom is -0.369 e. The second-order valence-corrected chi connectivity index (χ2v) is 10.6. The number of carbonyl (C=O) groups excluding carboxylic acids is 4. The van der Waals surface area contributed by atoms with Gasteiger partial charge in [0.25, 0.3) is 11.8 Å². The van der Waals surface area contributed by atoms with Gasteiger partial charge in [0.2, 0.25) is 11.8 Å². The van der Waals surface area contributed by atoms with Crippen LogP contribution in [0, 0.1) is 18.7 Å². The van der Waals surface area contributed by atoms with E-state index in [0.29, 0.717) is 30.6 Å². The van der Waals surface area contributed by atoms with E-state index in [1.807, 2.05) is 36.1 Å². The topological polar surface area (TPSA) is 137 Å². The summed E-state index contributed by atoms with van der Waals surface area (Å²) >= 11 is 0. The number of hydrogen-bond acceptors (Lipinski definition) is 9. The number of imide groups is 2. The Hall–Kier alpha value is -4.74. The van der Waals surface area contributed by atoms with Crippen molar-refractivity contribution in [1.29, 1.82) is 0 Å². The Kier molecular flexibility index (Phi) is 6.90. The highest BCUT2D eigenvalue weighted by Gasteiger charge is 2.45. The molecule has 6 rings (SSSR count). The molecule has 11 nitrogen and oxygen atoms in total. The van der Waals surface area contributed by atoms with E-state index in [9.17, 15) is 19.2 Å². The predicted molar refractivity (Wildman–Crippen MR) is 146 cm³/mol. The zero-order valence-corrected chi connectivity index (χ0v) is 22.4. The van der Waals surface area contributed by atoms with Crippen molar-refractivity contribution < 1.29 is 23.6 Å². The molecule has 3 aliphatic heterocycles. The van der Waals surface area contributed by atoms with Crippen molar-refractivity contribution in [3.63, 3.8) is 0 Å². The van der Waals surface area contributed by atoms with Gasteiger partial charge in [0.1, 0.15) is 29.8 Å². The molecule has 5 heterocycles. The molecule has 210 valence electrons. The second-order valence-electron chi connectivity index (χ2n) is 10.6. The number of pyridine rings is 1. The molecule has 12 heteroatoms. The Balaban J connectivity index is 1.11. The molecule has 1 unspecified atom stereocenters. The molecule has 41 heavy (non-hydrogen) atoms. The largest absolute Gasteiger partial charge is 0.369 e. The van der Waals surface area contributed by atoms with Crippen molar-refractivity contribution in [2.24, 2.45) is 5.92 Å². The number of fused-ring (bicyclic) bond motifs is 1. The summed E-state index contributed by atoms with van der Waals surface area (Å²) in [4.78, 5) is 65.9. The molecule has 0 spiro atoms. The molecule has 2 fully saturated rings. The lowest BCUT2D eigenvalue weighted by molar-refractivity contribution is -0.136. The van der Waals surface area contributed by atoms with E-state index in [4.69, 9.17) is 0 Å². The number of nitrogens with one attached hydrogen (secondary N) is 2. The molecule has 0 aliphatic carbocycles. The van der Waals surface area contributed by atoms with Crippen molar-refractivity contribution >= 4 is 41.0 Å². The standard InChI is InChI=1S/C29H28FN7O4/c1-16-3-2-4-24(33-16)34-25-12-18(31-15-32-25)11-17-7-9-36(10-8-17)23-14-20-19(13-21(23)30)28(40)37(29(20)41)22-5-6-26(38)35-27(22)39/h2-4,12-15,17,22H,5-11H2,1H3,(H,35,38,39)(H,31,32,33,34). The maximum Gasteiger partial charge on any atom is 0.262 e. The van der Waals surface area contributed by atoms with Gasteiger partial charge in [-0.3, -0.25) is 29.4 Å². The summed E-state index contributed by atoms with van der Waals surface area (Å²) in [6, 6.07) is 9.04. The Morgan fingerprint density at radius 2 is 1.73 bits per heavy atom. The van der Waals surface area contributed by atoms with E-state index in [1.165, 1.54) is 12.4 Å². The second kappa shape index (κ2) is 10.7. The first kappa shape index (κ1) is 26.5. The van der Waals surface area contributed by atoms with E-state index < -0.39 is 35.5 Å². The van der Waals surface area contributed by atoms with Gasteiger partial charge in [-0.1, -0.05) is 6.07 Å². The van der Waals surface area contributed by atoms with Gasteiger partial charge in [0, 0.05) is 37.0 Å². The maximum absolute atomic E-state index is 15.2. The minimum atomic E-state index is -1.09. The average molecular weight is 558 g/mol. The molecule has 2 N–H and O–H groups in total. The number of rotatable bonds is 6. The van der Waals surface area contributed by atoms with Crippen LogP contribution in [0.2, 0.25) is 0 Å². The molecular weight excluding hydrogens is 529 g/mol. The molecule has 2 saturated heterocycles. The summed E-state index contributed by atoms with van der Waals surface area (Å²) in [5.74, 6) is -1.41. The lowest BCUT2D eigenvalue weighted by Crippen LogP contribution is -2.54. The highest BCUT2D eigenvalue weighted by molar-refractivity contribution is 6.23. The zero-order chi connectivity index (χ0) is 28.7. The quantitative estimate of drug-likeness (QED) is 0.438. The minimum absolute atomic E-state index is 0.0230. The molecule has 0 saturated carbocycles. The van der Waals surface area contributed by atoms with Gasteiger partial charge in [0.05, 0.1) is 16.8 Å². The molecule has 2 aromatic heterocycles. The Morgan fingerprint density at radius 3 is 2.46 bits per heavy atom.